The van der Waals surface area contributed by atoms with E-state index in [1.807, 2.05) is 0 Å². The fourth-order valence-electron chi connectivity index (χ4n) is 4.39. The van der Waals surface area contributed by atoms with Gasteiger partial charge in [0.2, 0.25) is 0 Å². The minimum Gasteiger partial charge on any atom is -0.377 e. The second kappa shape index (κ2) is 5.52. The number of likely N-dealkylation sites (tertiary alicyclic amines) is 1. The third kappa shape index (κ3) is 2.39. The molecule has 4 fully saturated rings. The van der Waals surface area contributed by atoms with Crippen LogP contribution in [0.25, 0.3) is 0 Å². The van der Waals surface area contributed by atoms with Gasteiger partial charge in [-0.2, -0.15) is 0 Å². The molecule has 0 aromatic rings. The van der Waals surface area contributed by atoms with E-state index in [1.54, 1.807) is 5.06 Å². The number of carbonyl (C=O) groups is 1. The van der Waals surface area contributed by atoms with Gasteiger partial charge >= 0.3 is 0 Å². The van der Waals surface area contributed by atoms with Crippen LogP contribution in [0.3, 0.4) is 0 Å². The second-order valence-electron chi connectivity index (χ2n) is 7.18. The maximum atomic E-state index is 13.0. The molecule has 0 N–H and O–H groups in total. The standard InChI is InChI=1S/C16H26N2O3/c19-15(18-7-2-9-21-18)16-6-10-20-14(16)5-8-17(12-16)11-13-3-1-4-13/h13-14H,1-12H2/t14-,16-/m0/s1. The average molecular weight is 294 g/mol. The van der Waals surface area contributed by atoms with Crippen LogP contribution in [0.1, 0.15) is 38.5 Å². The number of carbonyl (C=O) groups excluding carboxylic acids is 1. The molecule has 0 unspecified atom stereocenters. The molecule has 118 valence electrons. The molecule has 5 heteroatoms. The number of ether oxygens (including phenoxy) is 1. The summed E-state index contributed by atoms with van der Waals surface area (Å²) in [6.07, 6.45) is 7.03. The van der Waals surface area contributed by atoms with E-state index in [9.17, 15) is 4.79 Å². The highest BCUT2D eigenvalue weighted by Gasteiger charge is 2.55. The maximum Gasteiger partial charge on any atom is 0.256 e. The van der Waals surface area contributed by atoms with Crippen molar-refractivity contribution in [3.05, 3.63) is 0 Å². The summed E-state index contributed by atoms with van der Waals surface area (Å²) < 4.78 is 5.90. The number of hydroxylamine groups is 2. The fraction of sp³-hybridized carbons (Fsp3) is 0.938. The summed E-state index contributed by atoms with van der Waals surface area (Å²) in [7, 11) is 0. The van der Waals surface area contributed by atoms with E-state index in [0.717, 1.165) is 51.4 Å². The van der Waals surface area contributed by atoms with Gasteiger partial charge < -0.3 is 9.64 Å². The minimum absolute atomic E-state index is 0.104. The molecular weight excluding hydrogens is 268 g/mol. The predicted molar refractivity (Wildman–Crippen MR) is 77.5 cm³/mol. The van der Waals surface area contributed by atoms with Gasteiger partial charge in [0.1, 0.15) is 0 Å². The number of hydrogen-bond donors (Lipinski definition) is 0. The molecule has 21 heavy (non-hydrogen) atoms. The van der Waals surface area contributed by atoms with Gasteiger partial charge in [-0.25, -0.2) is 5.06 Å². The van der Waals surface area contributed by atoms with Crippen molar-refractivity contribution in [3.63, 3.8) is 0 Å². The van der Waals surface area contributed by atoms with Crippen molar-refractivity contribution in [2.24, 2.45) is 11.3 Å². The maximum absolute atomic E-state index is 13.0. The Morgan fingerprint density at radius 1 is 1.14 bits per heavy atom. The second-order valence-corrected chi connectivity index (χ2v) is 7.18. The fourth-order valence-corrected chi connectivity index (χ4v) is 4.39. The lowest BCUT2D eigenvalue weighted by atomic mass is 9.74. The van der Waals surface area contributed by atoms with Crippen molar-refractivity contribution < 1.29 is 14.4 Å². The van der Waals surface area contributed by atoms with Gasteiger partial charge in [0.15, 0.2) is 0 Å². The molecule has 1 aliphatic carbocycles. The number of hydrogen-bond acceptors (Lipinski definition) is 4. The molecule has 4 aliphatic rings. The largest absolute Gasteiger partial charge is 0.377 e. The van der Waals surface area contributed by atoms with Crippen LogP contribution in [0.2, 0.25) is 0 Å². The third-order valence-corrected chi connectivity index (χ3v) is 5.84. The highest BCUT2D eigenvalue weighted by atomic mass is 16.7. The van der Waals surface area contributed by atoms with E-state index in [4.69, 9.17) is 9.57 Å². The smallest absolute Gasteiger partial charge is 0.256 e. The zero-order valence-corrected chi connectivity index (χ0v) is 12.8. The third-order valence-electron chi connectivity index (χ3n) is 5.84. The Bertz CT molecular complexity index is 406. The quantitative estimate of drug-likeness (QED) is 0.790. The lowest BCUT2D eigenvalue weighted by molar-refractivity contribution is -0.187. The van der Waals surface area contributed by atoms with E-state index < -0.39 is 0 Å². The molecule has 0 bridgehead atoms. The SMILES string of the molecule is O=C(N1CCCO1)[C@]12CCO[C@H]1CCN(CC1CCC1)C2. The van der Waals surface area contributed by atoms with Crippen LogP contribution in [-0.2, 0) is 14.4 Å². The summed E-state index contributed by atoms with van der Waals surface area (Å²) in [5.74, 6) is 1.04. The first-order valence-electron chi connectivity index (χ1n) is 8.57. The Morgan fingerprint density at radius 3 is 2.76 bits per heavy atom. The summed E-state index contributed by atoms with van der Waals surface area (Å²) in [5.41, 5.74) is -0.341. The highest BCUT2D eigenvalue weighted by Crippen LogP contribution is 2.43. The molecule has 0 spiro atoms. The van der Waals surface area contributed by atoms with Gasteiger partial charge in [0, 0.05) is 26.2 Å². The predicted octanol–water partition coefficient (Wildman–Crippen LogP) is 1.43. The van der Waals surface area contributed by atoms with E-state index in [1.165, 1.54) is 25.8 Å². The minimum atomic E-state index is -0.341. The molecule has 1 saturated carbocycles. The molecule has 3 heterocycles. The number of piperidine rings is 1. The van der Waals surface area contributed by atoms with Crippen LogP contribution in [0, 0.1) is 11.3 Å². The van der Waals surface area contributed by atoms with Crippen molar-refractivity contribution in [1.29, 1.82) is 0 Å². The van der Waals surface area contributed by atoms with Gasteiger partial charge in [-0.15, -0.1) is 0 Å². The molecule has 0 aromatic carbocycles. The van der Waals surface area contributed by atoms with Gasteiger partial charge in [0.05, 0.1) is 24.7 Å². The van der Waals surface area contributed by atoms with Gasteiger partial charge in [-0.05, 0) is 38.0 Å². The monoisotopic (exact) mass is 294 g/mol. The van der Waals surface area contributed by atoms with Crippen LogP contribution in [-0.4, -0.2) is 61.4 Å². The Morgan fingerprint density at radius 2 is 2.05 bits per heavy atom. The Labute approximate surface area is 126 Å². The Balaban J connectivity index is 1.49. The number of amides is 1. The molecule has 5 nitrogen and oxygen atoms in total. The van der Waals surface area contributed by atoms with Crippen molar-refractivity contribution in [2.45, 2.75) is 44.6 Å². The van der Waals surface area contributed by atoms with Gasteiger partial charge in [-0.3, -0.25) is 9.63 Å². The van der Waals surface area contributed by atoms with Crippen molar-refractivity contribution in [3.8, 4) is 0 Å². The van der Waals surface area contributed by atoms with Crippen molar-refractivity contribution in [2.75, 3.05) is 39.4 Å². The van der Waals surface area contributed by atoms with Gasteiger partial charge in [0.25, 0.3) is 5.91 Å². The number of rotatable bonds is 3. The van der Waals surface area contributed by atoms with Crippen LogP contribution < -0.4 is 0 Å². The van der Waals surface area contributed by atoms with E-state index >= 15 is 0 Å². The summed E-state index contributed by atoms with van der Waals surface area (Å²) in [5, 5.41) is 1.62. The van der Waals surface area contributed by atoms with E-state index in [0.29, 0.717) is 6.61 Å². The highest BCUT2D eigenvalue weighted by molar-refractivity contribution is 5.83. The Hall–Kier alpha value is -0.650. The lowest BCUT2D eigenvalue weighted by Gasteiger charge is -2.45. The molecule has 3 saturated heterocycles. The summed E-state index contributed by atoms with van der Waals surface area (Å²) in [6.45, 7) is 5.27. The zero-order chi connectivity index (χ0) is 14.3. The Kier molecular flexibility index (Phi) is 3.67. The van der Waals surface area contributed by atoms with Crippen LogP contribution in [0.5, 0.6) is 0 Å². The van der Waals surface area contributed by atoms with Crippen LogP contribution in [0.15, 0.2) is 0 Å². The average Bonchev–Trinajstić information content (AvgIpc) is 3.11. The molecule has 4 rings (SSSR count). The number of fused-ring (bicyclic) bond motifs is 1. The van der Waals surface area contributed by atoms with Crippen molar-refractivity contribution in [1.82, 2.24) is 9.96 Å². The van der Waals surface area contributed by atoms with Crippen LogP contribution in [0.4, 0.5) is 0 Å². The topological polar surface area (TPSA) is 42.0 Å². The lowest BCUT2D eigenvalue weighted by Crippen LogP contribution is -2.58. The first-order chi connectivity index (χ1) is 10.3. The molecule has 1 amide bonds. The van der Waals surface area contributed by atoms with E-state index in [2.05, 4.69) is 4.90 Å². The van der Waals surface area contributed by atoms with Crippen LogP contribution >= 0.6 is 0 Å². The zero-order valence-electron chi connectivity index (χ0n) is 12.8. The molecule has 0 radical (unpaired) electrons. The normalized spacial score (nSPS) is 37.5. The number of nitrogens with zero attached hydrogens (tertiary/aromatic N) is 2. The summed E-state index contributed by atoms with van der Waals surface area (Å²) >= 11 is 0. The summed E-state index contributed by atoms with van der Waals surface area (Å²) in [6, 6.07) is 0. The van der Waals surface area contributed by atoms with E-state index in [-0.39, 0.29) is 17.4 Å². The molecule has 3 aliphatic heterocycles. The molecular formula is C16H26N2O3. The molecule has 0 aromatic heterocycles. The first-order valence-corrected chi connectivity index (χ1v) is 8.57. The first kappa shape index (κ1) is 14.0. The summed E-state index contributed by atoms with van der Waals surface area (Å²) in [4.78, 5) is 21.1. The molecule has 2 atom stereocenters. The van der Waals surface area contributed by atoms with Gasteiger partial charge in [-0.1, -0.05) is 6.42 Å². The van der Waals surface area contributed by atoms with Crippen molar-refractivity contribution >= 4 is 5.91 Å².